The summed E-state index contributed by atoms with van der Waals surface area (Å²) in [5, 5.41) is 0. The van der Waals surface area contributed by atoms with E-state index < -0.39 is 16.3 Å². The van der Waals surface area contributed by atoms with E-state index in [9.17, 15) is 21.6 Å². The number of hydrogen-bond donors (Lipinski definition) is 1. The minimum atomic E-state index is -4.00. The first-order valence-corrected chi connectivity index (χ1v) is 3.84. The van der Waals surface area contributed by atoms with Gasteiger partial charge in [0.1, 0.15) is 0 Å². The molecule has 0 aliphatic carbocycles. The van der Waals surface area contributed by atoms with Crippen molar-refractivity contribution in [1.29, 1.82) is 0 Å². The van der Waals surface area contributed by atoms with Gasteiger partial charge in [0.2, 0.25) is 0 Å². The van der Waals surface area contributed by atoms with Gasteiger partial charge in [0.25, 0.3) is 10.1 Å². The van der Waals surface area contributed by atoms with Crippen molar-refractivity contribution >= 4 is 10.1 Å². The normalized spacial score (nSPS) is 11.8. The first-order valence-electron chi connectivity index (χ1n) is 1.99. The zero-order valence-electron chi connectivity index (χ0n) is 5.31. The molecule has 0 fully saturated rings. The van der Waals surface area contributed by atoms with Crippen LogP contribution in [0.5, 0.6) is 0 Å². The van der Waals surface area contributed by atoms with Gasteiger partial charge >= 0.3 is 6.18 Å². The standard InChI is InChI=1S/C2H3F3.CH4O3S/c1-2(3,4)5;1-5(2,3)4/h1H3;1H3,(H,2,3,4). The monoisotopic (exact) mass is 180 g/mol. The molecule has 0 heterocycles. The van der Waals surface area contributed by atoms with Crippen molar-refractivity contribution in [1.82, 2.24) is 0 Å². The average Bonchev–Trinajstić information content (AvgIpc) is 1.12. The molecule has 10 heavy (non-hydrogen) atoms. The van der Waals surface area contributed by atoms with Crippen LogP contribution in [0.4, 0.5) is 13.2 Å². The lowest BCUT2D eigenvalue weighted by molar-refractivity contribution is -0.110. The van der Waals surface area contributed by atoms with E-state index >= 15 is 0 Å². The summed E-state index contributed by atoms with van der Waals surface area (Å²) in [6.07, 6.45) is -3.28. The first-order chi connectivity index (χ1) is 4.00. The molecule has 0 unspecified atom stereocenters. The Kier molecular flexibility index (Phi) is 4.67. The lowest BCUT2D eigenvalue weighted by Gasteiger charge is -1.88. The Labute approximate surface area is 56.6 Å². The van der Waals surface area contributed by atoms with Crippen LogP contribution in [0.25, 0.3) is 0 Å². The summed E-state index contributed by atoms with van der Waals surface area (Å²) in [4.78, 5) is 0. The van der Waals surface area contributed by atoms with E-state index in [0.717, 1.165) is 0 Å². The Morgan fingerprint density at radius 3 is 1.30 bits per heavy atom. The number of alkyl halides is 3. The molecule has 0 radical (unpaired) electrons. The van der Waals surface area contributed by atoms with Gasteiger partial charge in [-0.15, -0.1) is 0 Å². The third kappa shape index (κ3) is 3840. The molecule has 0 aromatic carbocycles. The van der Waals surface area contributed by atoms with Crippen molar-refractivity contribution < 1.29 is 26.1 Å². The van der Waals surface area contributed by atoms with Crippen molar-refractivity contribution in [3.05, 3.63) is 0 Å². The fourth-order valence-electron chi connectivity index (χ4n) is 0. The van der Waals surface area contributed by atoms with Crippen LogP contribution in [0.3, 0.4) is 0 Å². The van der Waals surface area contributed by atoms with Crippen molar-refractivity contribution in [2.24, 2.45) is 0 Å². The second-order valence-electron chi connectivity index (χ2n) is 1.51. The predicted molar refractivity (Wildman–Crippen MR) is 29.2 cm³/mol. The second-order valence-corrected chi connectivity index (χ2v) is 2.98. The number of hydrogen-bond acceptors (Lipinski definition) is 2. The van der Waals surface area contributed by atoms with E-state index in [4.69, 9.17) is 4.55 Å². The maximum absolute atomic E-state index is 10.4. The third-order valence-corrected chi connectivity index (χ3v) is 0. The highest BCUT2D eigenvalue weighted by atomic mass is 32.2. The van der Waals surface area contributed by atoms with Crippen molar-refractivity contribution in [3.63, 3.8) is 0 Å². The lowest BCUT2D eigenvalue weighted by atomic mass is 10.8. The van der Waals surface area contributed by atoms with Crippen molar-refractivity contribution in [2.75, 3.05) is 6.26 Å². The summed E-state index contributed by atoms with van der Waals surface area (Å²) < 4.78 is 56.9. The Hall–Kier alpha value is -0.300. The molecule has 0 amide bonds. The van der Waals surface area contributed by atoms with E-state index in [-0.39, 0.29) is 6.92 Å². The molecule has 0 aliphatic heterocycles. The molecule has 3 nitrogen and oxygen atoms in total. The Bertz CT molecular complexity index is 154. The Morgan fingerprint density at radius 1 is 1.30 bits per heavy atom. The molecular weight excluding hydrogens is 173 g/mol. The smallest absolute Gasteiger partial charge is 0.286 e. The fourth-order valence-corrected chi connectivity index (χ4v) is 0. The quantitative estimate of drug-likeness (QED) is 0.567. The topological polar surface area (TPSA) is 54.4 Å². The van der Waals surface area contributed by atoms with Gasteiger partial charge in [-0.05, 0) is 0 Å². The highest BCUT2D eigenvalue weighted by molar-refractivity contribution is 7.85. The highest BCUT2D eigenvalue weighted by Crippen LogP contribution is 2.10. The van der Waals surface area contributed by atoms with E-state index in [1.807, 2.05) is 0 Å². The zero-order chi connectivity index (χ0) is 9.00. The van der Waals surface area contributed by atoms with Gasteiger partial charge in [-0.1, -0.05) is 0 Å². The van der Waals surface area contributed by atoms with E-state index in [0.29, 0.717) is 6.26 Å². The van der Waals surface area contributed by atoms with Gasteiger partial charge in [0.05, 0.1) is 6.26 Å². The van der Waals surface area contributed by atoms with Crippen LogP contribution in [-0.2, 0) is 10.1 Å². The fraction of sp³-hybridized carbons (Fsp3) is 1.00. The lowest BCUT2D eigenvalue weighted by Crippen LogP contribution is -1.95. The molecule has 0 aromatic rings. The van der Waals surface area contributed by atoms with Crippen LogP contribution in [-0.4, -0.2) is 25.4 Å². The van der Waals surface area contributed by atoms with E-state index in [1.165, 1.54) is 0 Å². The van der Waals surface area contributed by atoms with Crippen LogP contribution in [0.15, 0.2) is 0 Å². The van der Waals surface area contributed by atoms with Gasteiger partial charge in [-0.3, -0.25) is 4.55 Å². The maximum atomic E-state index is 10.4. The molecule has 0 saturated heterocycles. The molecule has 0 rings (SSSR count). The van der Waals surface area contributed by atoms with E-state index in [2.05, 4.69) is 0 Å². The van der Waals surface area contributed by atoms with E-state index in [1.54, 1.807) is 0 Å². The third-order valence-electron chi connectivity index (χ3n) is 0. The molecule has 0 aromatic heterocycles. The van der Waals surface area contributed by atoms with Crippen LogP contribution >= 0.6 is 0 Å². The average molecular weight is 180 g/mol. The largest absolute Gasteiger partial charge is 0.386 e. The molecule has 0 atom stereocenters. The Balaban J connectivity index is 0. The molecular formula is C3H7F3O3S. The number of rotatable bonds is 0. The molecule has 7 heteroatoms. The van der Waals surface area contributed by atoms with Crippen LogP contribution in [0, 0.1) is 0 Å². The van der Waals surface area contributed by atoms with Gasteiger partial charge in [-0.25, -0.2) is 0 Å². The zero-order valence-corrected chi connectivity index (χ0v) is 6.12. The van der Waals surface area contributed by atoms with Crippen molar-refractivity contribution in [2.45, 2.75) is 13.1 Å². The summed E-state index contributed by atoms with van der Waals surface area (Å²) in [7, 11) is -3.67. The second kappa shape index (κ2) is 3.77. The SMILES string of the molecule is CC(F)(F)F.CS(=O)(=O)O. The van der Waals surface area contributed by atoms with Crippen molar-refractivity contribution in [3.8, 4) is 0 Å². The minimum absolute atomic E-state index is 0.188. The molecule has 0 aliphatic rings. The summed E-state index contributed by atoms with van der Waals surface area (Å²) in [6, 6.07) is 0. The van der Waals surface area contributed by atoms with Crippen LogP contribution in [0.2, 0.25) is 0 Å². The summed E-state index contributed by atoms with van der Waals surface area (Å²) in [5.74, 6) is 0. The minimum Gasteiger partial charge on any atom is -0.286 e. The first kappa shape index (κ1) is 12.4. The maximum Gasteiger partial charge on any atom is 0.386 e. The van der Waals surface area contributed by atoms with Crippen LogP contribution in [0.1, 0.15) is 6.92 Å². The van der Waals surface area contributed by atoms with Crippen LogP contribution < -0.4 is 0 Å². The molecule has 0 saturated carbocycles. The summed E-state index contributed by atoms with van der Waals surface area (Å²) in [6.45, 7) is 0.188. The molecule has 0 spiro atoms. The summed E-state index contributed by atoms with van der Waals surface area (Å²) in [5.41, 5.74) is 0. The van der Waals surface area contributed by atoms with Gasteiger partial charge < -0.3 is 0 Å². The van der Waals surface area contributed by atoms with Gasteiger partial charge in [0.15, 0.2) is 0 Å². The molecule has 64 valence electrons. The molecule has 1 N–H and O–H groups in total. The number of halogens is 3. The van der Waals surface area contributed by atoms with Gasteiger partial charge in [-0.2, -0.15) is 21.6 Å². The van der Waals surface area contributed by atoms with Gasteiger partial charge in [0, 0.05) is 6.92 Å². The Morgan fingerprint density at radius 2 is 1.30 bits per heavy atom. The highest BCUT2D eigenvalue weighted by Gasteiger charge is 2.15. The predicted octanol–water partition coefficient (Wildman–Crippen LogP) is 1.07. The molecule has 0 bridgehead atoms. The summed E-state index contributed by atoms with van der Waals surface area (Å²) >= 11 is 0.